The minimum atomic E-state index is -4.52. The van der Waals surface area contributed by atoms with Crippen LogP contribution < -0.4 is 0 Å². The van der Waals surface area contributed by atoms with Gasteiger partial charge in [0.1, 0.15) is 5.76 Å². The van der Waals surface area contributed by atoms with E-state index in [9.17, 15) is 18.0 Å². The highest BCUT2D eigenvalue weighted by Gasteiger charge is 2.38. The molecule has 2 aromatic rings. The van der Waals surface area contributed by atoms with Crippen LogP contribution in [0, 0.1) is 6.92 Å². The zero-order valence-electron chi connectivity index (χ0n) is 14.8. The molecular weight excluding hydrogens is 429 g/mol. The molecule has 0 unspecified atom stereocenters. The van der Waals surface area contributed by atoms with Crippen LogP contribution in [0.25, 0.3) is 0 Å². The van der Waals surface area contributed by atoms with E-state index in [4.69, 9.17) is 4.42 Å². The van der Waals surface area contributed by atoms with Crippen molar-refractivity contribution in [2.45, 2.75) is 32.6 Å². The molecule has 0 aromatic carbocycles. The largest absolute Gasteiger partial charge is 0.468 e. The summed E-state index contributed by atoms with van der Waals surface area (Å²) >= 11 is 2.94. The molecule has 0 spiro atoms. The first-order valence-electron chi connectivity index (χ1n) is 8.58. The zero-order chi connectivity index (χ0) is 19.6. The van der Waals surface area contributed by atoms with Gasteiger partial charge >= 0.3 is 6.18 Å². The lowest BCUT2D eigenvalue weighted by Gasteiger charge is -2.34. The Kier molecular flexibility index (Phi) is 5.95. The maximum Gasteiger partial charge on any atom is 0.436 e. The molecule has 0 radical (unpaired) electrons. The number of nitrogens with zero attached hydrogens (tertiary/aromatic N) is 4. The van der Waals surface area contributed by atoms with Crippen LogP contribution in [-0.4, -0.2) is 51.7 Å². The van der Waals surface area contributed by atoms with Gasteiger partial charge in [0.15, 0.2) is 5.69 Å². The number of amides is 1. The first kappa shape index (κ1) is 19.9. The molecule has 1 fully saturated rings. The van der Waals surface area contributed by atoms with E-state index in [1.165, 1.54) is 4.68 Å². The molecular formula is C17H20BrF3N4O2. The molecule has 10 heteroatoms. The van der Waals surface area contributed by atoms with Crippen molar-refractivity contribution < 1.29 is 22.4 Å². The third kappa shape index (κ3) is 4.73. The second-order valence-electron chi connectivity index (χ2n) is 6.46. The Morgan fingerprint density at radius 3 is 2.56 bits per heavy atom. The van der Waals surface area contributed by atoms with E-state index in [1.54, 1.807) is 18.1 Å². The number of alkyl halides is 3. The van der Waals surface area contributed by atoms with Gasteiger partial charge in [-0.15, -0.1) is 0 Å². The van der Waals surface area contributed by atoms with Crippen molar-refractivity contribution >= 4 is 21.8 Å². The molecule has 0 atom stereocenters. The van der Waals surface area contributed by atoms with Gasteiger partial charge in [-0.1, -0.05) is 0 Å². The summed E-state index contributed by atoms with van der Waals surface area (Å²) in [5.41, 5.74) is -0.600. The molecule has 1 amide bonds. The Bertz CT molecular complexity index is 781. The maximum atomic E-state index is 12.9. The van der Waals surface area contributed by atoms with Crippen LogP contribution in [0.2, 0.25) is 0 Å². The number of hydrogen-bond donors (Lipinski definition) is 0. The highest BCUT2D eigenvalue weighted by atomic mass is 79.9. The molecule has 27 heavy (non-hydrogen) atoms. The SMILES string of the molecule is Cc1c(Br)c(C(F)(F)F)nn1CCC(=O)N1CCN(Cc2ccco2)CC1. The van der Waals surface area contributed by atoms with Crippen LogP contribution in [0.4, 0.5) is 13.2 Å². The second-order valence-corrected chi connectivity index (χ2v) is 7.25. The van der Waals surface area contributed by atoms with Crippen LogP contribution in [0.15, 0.2) is 27.3 Å². The number of carbonyl (C=O) groups is 1. The first-order valence-corrected chi connectivity index (χ1v) is 9.37. The van der Waals surface area contributed by atoms with Crippen molar-refractivity contribution in [2.75, 3.05) is 26.2 Å². The van der Waals surface area contributed by atoms with E-state index < -0.39 is 11.9 Å². The summed E-state index contributed by atoms with van der Waals surface area (Å²) < 4.78 is 45.2. The number of aromatic nitrogens is 2. The molecule has 0 saturated carbocycles. The van der Waals surface area contributed by atoms with E-state index in [0.29, 0.717) is 25.3 Å². The summed E-state index contributed by atoms with van der Waals surface area (Å²) in [6, 6.07) is 3.76. The van der Waals surface area contributed by atoms with Gasteiger partial charge < -0.3 is 9.32 Å². The summed E-state index contributed by atoms with van der Waals surface area (Å²) in [5.74, 6) is 0.808. The highest BCUT2D eigenvalue weighted by Crippen LogP contribution is 2.35. The van der Waals surface area contributed by atoms with E-state index in [2.05, 4.69) is 25.9 Å². The van der Waals surface area contributed by atoms with Gasteiger partial charge in [0.2, 0.25) is 5.91 Å². The number of aryl methyl sites for hydroxylation is 1. The van der Waals surface area contributed by atoms with Gasteiger partial charge in [0, 0.05) is 32.6 Å². The van der Waals surface area contributed by atoms with Gasteiger partial charge in [-0.25, -0.2) is 0 Å². The smallest absolute Gasteiger partial charge is 0.436 e. The minimum absolute atomic E-state index is 0.0750. The molecule has 0 aliphatic carbocycles. The van der Waals surface area contributed by atoms with Gasteiger partial charge in [0.05, 0.1) is 29.5 Å². The molecule has 2 aromatic heterocycles. The molecule has 3 heterocycles. The van der Waals surface area contributed by atoms with Crippen LogP contribution in [0.5, 0.6) is 0 Å². The van der Waals surface area contributed by atoms with Crippen LogP contribution in [0.1, 0.15) is 23.6 Å². The van der Waals surface area contributed by atoms with Gasteiger partial charge in [-0.2, -0.15) is 18.3 Å². The molecule has 1 aliphatic heterocycles. The van der Waals surface area contributed by atoms with Crippen LogP contribution in [0.3, 0.4) is 0 Å². The molecule has 3 rings (SSSR count). The Labute approximate surface area is 163 Å². The standard InChI is InChI=1S/C17H20BrF3N4O2/c1-12-15(18)16(17(19,20)21)22-25(12)5-4-14(26)24-8-6-23(7-9-24)11-13-3-2-10-27-13/h2-3,10H,4-9,11H2,1H3. The summed E-state index contributed by atoms with van der Waals surface area (Å²) in [5, 5.41) is 3.61. The Morgan fingerprint density at radius 2 is 2.00 bits per heavy atom. The highest BCUT2D eigenvalue weighted by molar-refractivity contribution is 9.10. The third-order valence-electron chi connectivity index (χ3n) is 4.62. The van der Waals surface area contributed by atoms with Crippen molar-refractivity contribution in [1.82, 2.24) is 19.6 Å². The number of carbonyl (C=O) groups excluding carboxylic acids is 1. The predicted octanol–water partition coefficient (Wildman–Crippen LogP) is 3.30. The number of furan rings is 1. The fourth-order valence-corrected chi connectivity index (χ4v) is 3.57. The van der Waals surface area contributed by atoms with Crippen molar-refractivity contribution in [2.24, 2.45) is 0 Å². The van der Waals surface area contributed by atoms with Gasteiger partial charge in [0.25, 0.3) is 0 Å². The van der Waals surface area contributed by atoms with Crippen molar-refractivity contribution in [3.63, 3.8) is 0 Å². The van der Waals surface area contributed by atoms with Gasteiger partial charge in [-0.05, 0) is 35.0 Å². The fraction of sp³-hybridized carbons (Fsp3) is 0.529. The lowest BCUT2D eigenvalue weighted by Crippen LogP contribution is -2.48. The molecule has 1 saturated heterocycles. The summed E-state index contributed by atoms with van der Waals surface area (Å²) in [6.07, 6.45) is -2.78. The maximum absolute atomic E-state index is 12.9. The summed E-state index contributed by atoms with van der Waals surface area (Å²) in [7, 11) is 0. The quantitative estimate of drug-likeness (QED) is 0.703. The van der Waals surface area contributed by atoms with E-state index in [1.807, 2.05) is 12.1 Å². The Hall–Kier alpha value is -1.81. The molecule has 6 nitrogen and oxygen atoms in total. The van der Waals surface area contributed by atoms with Gasteiger partial charge in [-0.3, -0.25) is 14.4 Å². The van der Waals surface area contributed by atoms with Crippen LogP contribution >= 0.6 is 15.9 Å². The number of halogens is 4. The lowest BCUT2D eigenvalue weighted by atomic mass is 10.2. The normalized spacial score (nSPS) is 16.1. The van der Waals surface area contributed by atoms with Crippen molar-refractivity contribution in [3.05, 3.63) is 40.0 Å². The summed E-state index contributed by atoms with van der Waals surface area (Å²) in [6.45, 7) is 5.02. The Balaban J connectivity index is 1.50. The second kappa shape index (κ2) is 8.05. The Morgan fingerprint density at radius 1 is 1.30 bits per heavy atom. The van der Waals surface area contributed by atoms with E-state index >= 15 is 0 Å². The van der Waals surface area contributed by atoms with Crippen LogP contribution in [-0.2, 0) is 24.1 Å². The van der Waals surface area contributed by atoms with Crippen molar-refractivity contribution in [3.8, 4) is 0 Å². The number of hydrogen-bond acceptors (Lipinski definition) is 4. The minimum Gasteiger partial charge on any atom is -0.468 e. The average Bonchev–Trinajstić information content (AvgIpc) is 3.22. The molecule has 0 bridgehead atoms. The predicted molar refractivity (Wildman–Crippen MR) is 94.8 cm³/mol. The lowest BCUT2D eigenvalue weighted by molar-refractivity contribution is -0.142. The fourth-order valence-electron chi connectivity index (χ4n) is 3.06. The van der Waals surface area contributed by atoms with E-state index in [0.717, 1.165) is 18.8 Å². The monoisotopic (exact) mass is 448 g/mol. The molecule has 0 N–H and O–H groups in total. The number of rotatable bonds is 5. The third-order valence-corrected chi connectivity index (χ3v) is 5.57. The molecule has 148 valence electrons. The molecule has 1 aliphatic rings. The topological polar surface area (TPSA) is 54.5 Å². The van der Waals surface area contributed by atoms with Crippen molar-refractivity contribution in [1.29, 1.82) is 0 Å². The first-order chi connectivity index (χ1) is 12.8. The van der Waals surface area contributed by atoms with E-state index in [-0.39, 0.29) is 23.3 Å². The zero-order valence-corrected chi connectivity index (χ0v) is 16.4. The number of piperazine rings is 1. The average molecular weight is 449 g/mol. The summed E-state index contributed by atoms with van der Waals surface area (Å²) in [4.78, 5) is 16.4.